The quantitative estimate of drug-likeness (QED) is 0.373. The Kier molecular flexibility index (Phi) is 8.45. The average Bonchev–Trinajstić information content (AvgIpc) is 3.52. The molecule has 2 saturated heterocycles. The number of hydrogen-bond donors (Lipinski definition) is 2. The summed E-state index contributed by atoms with van der Waals surface area (Å²) in [5.41, 5.74) is 0. The number of rotatable bonds is 8. The van der Waals surface area contributed by atoms with Crippen LogP contribution in [-0.4, -0.2) is 117 Å². The minimum atomic E-state index is -3.24. The van der Waals surface area contributed by atoms with Crippen molar-refractivity contribution < 1.29 is 13.2 Å². The molecule has 0 aromatic rings. The van der Waals surface area contributed by atoms with Gasteiger partial charge in [-0.15, -0.1) is 0 Å². The number of carbonyl (C=O) groups excluding carboxylic acids is 1. The standard InChI is InChI=1S/C18H34N6O3S2/c1-2-19-18(20-5-14-29(26,27)24-10-12-28-13-11-24)23-8-6-22(7-9-23)15-17(25)21-16-3-4-16/h16H,2-15H2,1H3,(H,19,20)(H,21,25). The predicted molar refractivity (Wildman–Crippen MR) is 118 cm³/mol. The maximum absolute atomic E-state index is 12.5. The van der Waals surface area contributed by atoms with Crippen molar-refractivity contribution in [1.29, 1.82) is 0 Å². The summed E-state index contributed by atoms with van der Waals surface area (Å²) in [7, 11) is -3.24. The lowest BCUT2D eigenvalue weighted by Crippen LogP contribution is -2.54. The van der Waals surface area contributed by atoms with Gasteiger partial charge in [-0.1, -0.05) is 0 Å². The molecule has 11 heteroatoms. The number of guanidine groups is 1. The van der Waals surface area contributed by atoms with Crippen LogP contribution in [0.4, 0.5) is 0 Å². The van der Waals surface area contributed by atoms with Gasteiger partial charge in [0.2, 0.25) is 15.9 Å². The van der Waals surface area contributed by atoms with Gasteiger partial charge in [0, 0.05) is 63.4 Å². The number of nitrogens with zero attached hydrogens (tertiary/aromatic N) is 4. The van der Waals surface area contributed by atoms with Crippen molar-refractivity contribution in [2.45, 2.75) is 25.8 Å². The molecule has 29 heavy (non-hydrogen) atoms. The van der Waals surface area contributed by atoms with Crippen LogP contribution in [0.15, 0.2) is 4.99 Å². The third-order valence-corrected chi connectivity index (χ3v) is 8.08. The van der Waals surface area contributed by atoms with Gasteiger partial charge in [0.05, 0.1) is 18.8 Å². The molecule has 0 spiro atoms. The highest BCUT2D eigenvalue weighted by Crippen LogP contribution is 2.18. The molecule has 0 atom stereocenters. The van der Waals surface area contributed by atoms with Crippen LogP contribution in [-0.2, 0) is 14.8 Å². The molecule has 0 aromatic carbocycles. The van der Waals surface area contributed by atoms with Crippen molar-refractivity contribution in [3.8, 4) is 0 Å². The lowest BCUT2D eigenvalue weighted by Gasteiger charge is -2.36. The molecule has 0 bridgehead atoms. The summed E-state index contributed by atoms with van der Waals surface area (Å²) in [6.45, 7) is 7.81. The molecular formula is C18H34N6O3S2. The van der Waals surface area contributed by atoms with E-state index in [4.69, 9.17) is 0 Å². The Hall–Kier alpha value is -1.04. The monoisotopic (exact) mass is 446 g/mol. The summed E-state index contributed by atoms with van der Waals surface area (Å²) in [6, 6.07) is 0.399. The summed E-state index contributed by atoms with van der Waals surface area (Å²) in [5.74, 6) is 2.66. The Bertz CT molecular complexity index is 669. The van der Waals surface area contributed by atoms with Crippen LogP contribution in [0.5, 0.6) is 0 Å². The first kappa shape index (κ1) is 22.6. The molecule has 3 fully saturated rings. The topological polar surface area (TPSA) is 97.3 Å². The van der Waals surface area contributed by atoms with Crippen LogP contribution in [0.25, 0.3) is 0 Å². The molecule has 1 aliphatic carbocycles. The fraction of sp³-hybridized carbons (Fsp3) is 0.889. The van der Waals surface area contributed by atoms with Crippen molar-refractivity contribution in [3.05, 3.63) is 0 Å². The van der Waals surface area contributed by atoms with Crippen molar-refractivity contribution in [2.24, 2.45) is 4.99 Å². The van der Waals surface area contributed by atoms with E-state index >= 15 is 0 Å². The zero-order valence-electron chi connectivity index (χ0n) is 17.3. The van der Waals surface area contributed by atoms with Gasteiger partial charge in [-0.25, -0.2) is 12.7 Å². The van der Waals surface area contributed by atoms with E-state index in [1.54, 1.807) is 16.1 Å². The second-order valence-corrected chi connectivity index (χ2v) is 11.0. The molecule has 2 aliphatic heterocycles. The van der Waals surface area contributed by atoms with Gasteiger partial charge < -0.3 is 15.5 Å². The molecule has 166 valence electrons. The maximum Gasteiger partial charge on any atom is 0.234 e. The fourth-order valence-electron chi connectivity index (χ4n) is 3.47. The Morgan fingerprint density at radius 1 is 1.10 bits per heavy atom. The highest BCUT2D eigenvalue weighted by Gasteiger charge is 2.26. The Balaban J connectivity index is 1.45. The van der Waals surface area contributed by atoms with Gasteiger partial charge in [0.15, 0.2) is 5.96 Å². The Morgan fingerprint density at radius 3 is 2.41 bits per heavy atom. The lowest BCUT2D eigenvalue weighted by atomic mass is 10.3. The van der Waals surface area contributed by atoms with E-state index in [2.05, 4.69) is 25.4 Å². The normalized spacial score (nSPS) is 22.5. The zero-order chi connectivity index (χ0) is 20.7. The third-order valence-electron chi connectivity index (χ3n) is 5.29. The SMILES string of the molecule is CCNC(=NCCS(=O)(=O)N1CCSCC1)N1CCN(CC(=O)NC2CC2)CC1. The maximum atomic E-state index is 12.5. The number of hydrogen-bond acceptors (Lipinski definition) is 6. The Morgan fingerprint density at radius 2 is 1.79 bits per heavy atom. The van der Waals surface area contributed by atoms with E-state index in [0.717, 1.165) is 63.0 Å². The van der Waals surface area contributed by atoms with Gasteiger partial charge in [-0.3, -0.25) is 14.7 Å². The number of amides is 1. The highest BCUT2D eigenvalue weighted by molar-refractivity contribution is 7.99. The molecule has 1 saturated carbocycles. The number of piperazine rings is 1. The van der Waals surface area contributed by atoms with Crippen molar-refractivity contribution >= 4 is 33.7 Å². The smallest absolute Gasteiger partial charge is 0.234 e. The fourth-order valence-corrected chi connectivity index (χ4v) is 5.92. The van der Waals surface area contributed by atoms with E-state index in [-0.39, 0.29) is 18.2 Å². The predicted octanol–water partition coefficient (Wildman–Crippen LogP) is -0.773. The summed E-state index contributed by atoms with van der Waals surface area (Å²) < 4.78 is 26.6. The van der Waals surface area contributed by atoms with E-state index in [1.807, 2.05) is 6.92 Å². The minimum absolute atomic E-state index is 0.0495. The number of carbonyl (C=O) groups is 1. The number of nitrogens with one attached hydrogen (secondary N) is 2. The first-order valence-corrected chi connectivity index (χ1v) is 13.3. The summed E-state index contributed by atoms with van der Waals surface area (Å²) >= 11 is 1.80. The molecule has 3 aliphatic rings. The zero-order valence-corrected chi connectivity index (χ0v) is 18.9. The summed E-state index contributed by atoms with van der Waals surface area (Å²) in [5, 5.41) is 6.31. The molecule has 2 N–H and O–H groups in total. The van der Waals surface area contributed by atoms with E-state index in [0.29, 0.717) is 25.7 Å². The highest BCUT2D eigenvalue weighted by atomic mass is 32.2. The summed E-state index contributed by atoms with van der Waals surface area (Å²) in [4.78, 5) is 20.9. The average molecular weight is 447 g/mol. The first-order valence-electron chi connectivity index (χ1n) is 10.6. The second-order valence-electron chi connectivity index (χ2n) is 7.67. The third kappa shape index (κ3) is 7.30. The molecular weight excluding hydrogens is 412 g/mol. The van der Waals surface area contributed by atoms with Crippen LogP contribution in [0.1, 0.15) is 19.8 Å². The van der Waals surface area contributed by atoms with Crippen molar-refractivity contribution in [1.82, 2.24) is 24.7 Å². The molecule has 0 radical (unpaired) electrons. The molecule has 0 aromatic heterocycles. The number of thioether (sulfide) groups is 1. The molecule has 0 unspecified atom stereocenters. The van der Waals surface area contributed by atoms with E-state index in [9.17, 15) is 13.2 Å². The van der Waals surface area contributed by atoms with Gasteiger partial charge in [0.25, 0.3) is 0 Å². The van der Waals surface area contributed by atoms with Crippen LogP contribution in [0.3, 0.4) is 0 Å². The number of aliphatic imine (C=N–C) groups is 1. The first-order chi connectivity index (χ1) is 14.0. The van der Waals surface area contributed by atoms with Gasteiger partial charge in [0.1, 0.15) is 0 Å². The Labute approximate surface area is 178 Å². The van der Waals surface area contributed by atoms with Crippen LogP contribution in [0.2, 0.25) is 0 Å². The minimum Gasteiger partial charge on any atom is -0.357 e. The van der Waals surface area contributed by atoms with Crippen LogP contribution < -0.4 is 10.6 Å². The van der Waals surface area contributed by atoms with E-state index in [1.165, 1.54) is 0 Å². The molecule has 2 heterocycles. The second kappa shape index (κ2) is 10.8. The van der Waals surface area contributed by atoms with Crippen molar-refractivity contribution in [3.63, 3.8) is 0 Å². The lowest BCUT2D eigenvalue weighted by molar-refractivity contribution is -0.122. The van der Waals surface area contributed by atoms with E-state index < -0.39 is 10.0 Å². The van der Waals surface area contributed by atoms with Gasteiger partial charge in [-0.05, 0) is 19.8 Å². The summed E-state index contributed by atoms with van der Waals surface area (Å²) in [6.07, 6.45) is 2.21. The van der Waals surface area contributed by atoms with Gasteiger partial charge >= 0.3 is 0 Å². The van der Waals surface area contributed by atoms with Crippen LogP contribution in [0, 0.1) is 0 Å². The largest absolute Gasteiger partial charge is 0.357 e. The number of sulfonamides is 1. The molecule has 1 amide bonds. The van der Waals surface area contributed by atoms with Gasteiger partial charge in [-0.2, -0.15) is 11.8 Å². The van der Waals surface area contributed by atoms with Crippen LogP contribution >= 0.6 is 11.8 Å². The van der Waals surface area contributed by atoms with Crippen molar-refractivity contribution in [2.75, 3.05) is 76.2 Å². The molecule has 3 rings (SSSR count). The molecule has 9 nitrogen and oxygen atoms in total.